The Morgan fingerprint density at radius 3 is 2.95 bits per heavy atom. The molecule has 3 N–H and O–H groups in total. The number of nitrogens with zero attached hydrogens (tertiary/aromatic N) is 1. The van der Waals surface area contributed by atoms with Gasteiger partial charge in [-0.2, -0.15) is 0 Å². The number of hydrogen-bond donors (Lipinski definition) is 3. The van der Waals surface area contributed by atoms with E-state index in [9.17, 15) is 14.4 Å². The largest absolute Gasteiger partial charge is 0.481 e. The molecule has 1 heterocycles. The highest BCUT2D eigenvalue weighted by Gasteiger charge is 2.34. The highest BCUT2D eigenvalue weighted by atomic mass is 16.5. The molecule has 3 amide bonds. The number of rotatable bonds is 7. The SMILES string of the molecule is CCOCCCNC(=O)N1CCNC(=O)C1CC(=O)O. The van der Waals surface area contributed by atoms with E-state index in [0.717, 1.165) is 0 Å². The maximum atomic E-state index is 12.0. The molecule has 1 aliphatic rings. The number of carbonyl (C=O) groups is 3. The van der Waals surface area contributed by atoms with Crippen LogP contribution in [-0.4, -0.2) is 66.8 Å². The van der Waals surface area contributed by atoms with Crippen LogP contribution >= 0.6 is 0 Å². The van der Waals surface area contributed by atoms with Gasteiger partial charge in [0, 0.05) is 32.8 Å². The van der Waals surface area contributed by atoms with Crippen molar-refractivity contribution in [2.75, 3.05) is 32.8 Å². The van der Waals surface area contributed by atoms with Crippen molar-refractivity contribution in [2.45, 2.75) is 25.8 Å². The molecule has 114 valence electrons. The summed E-state index contributed by atoms with van der Waals surface area (Å²) in [4.78, 5) is 35.6. The third-order valence-corrected chi connectivity index (χ3v) is 2.91. The molecule has 0 spiro atoms. The predicted molar refractivity (Wildman–Crippen MR) is 70.3 cm³/mol. The Balaban J connectivity index is 2.46. The van der Waals surface area contributed by atoms with E-state index in [4.69, 9.17) is 9.84 Å². The number of aliphatic carboxylic acids is 1. The lowest BCUT2D eigenvalue weighted by molar-refractivity contribution is -0.142. The number of carboxylic acids is 1. The average molecular weight is 287 g/mol. The third-order valence-electron chi connectivity index (χ3n) is 2.91. The van der Waals surface area contributed by atoms with Crippen LogP contribution in [0, 0.1) is 0 Å². The summed E-state index contributed by atoms with van der Waals surface area (Å²) < 4.78 is 5.14. The maximum absolute atomic E-state index is 12.0. The van der Waals surface area contributed by atoms with E-state index in [2.05, 4.69) is 10.6 Å². The Morgan fingerprint density at radius 2 is 2.30 bits per heavy atom. The van der Waals surface area contributed by atoms with Gasteiger partial charge in [0.25, 0.3) is 0 Å². The number of carboxylic acid groups (broad SMARTS) is 1. The second-order valence-corrected chi connectivity index (χ2v) is 4.38. The molecule has 1 atom stereocenters. The van der Waals surface area contributed by atoms with E-state index in [-0.39, 0.29) is 0 Å². The van der Waals surface area contributed by atoms with Crippen molar-refractivity contribution in [3.8, 4) is 0 Å². The van der Waals surface area contributed by atoms with Gasteiger partial charge in [0.05, 0.1) is 6.42 Å². The molecule has 0 aromatic rings. The highest BCUT2D eigenvalue weighted by molar-refractivity contribution is 5.91. The molecule has 1 fully saturated rings. The van der Waals surface area contributed by atoms with E-state index in [1.165, 1.54) is 4.90 Å². The van der Waals surface area contributed by atoms with Crippen LogP contribution in [0.1, 0.15) is 19.8 Å². The Labute approximate surface area is 117 Å². The van der Waals surface area contributed by atoms with Crippen molar-refractivity contribution in [1.82, 2.24) is 15.5 Å². The van der Waals surface area contributed by atoms with Crippen molar-refractivity contribution >= 4 is 17.9 Å². The number of nitrogens with one attached hydrogen (secondary N) is 2. The van der Waals surface area contributed by atoms with Crippen LogP contribution in [0.25, 0.3) is 0 Å². The van der Waals surface area contributed by atoms with Crippen LogP contribution in [0.4, 0.5) is 4.79 Å². The first-order chi connectivity index (χ1) is 9.56. The number of urea groups is 1. The molecule has 0 aliphatic carbocycles. The summed E-state index contributed by atoms with van der Waals surface area (Å²) in [6.07, 6.45) is 0.279. The van der Waals surface area contributed by atoms with Gasteiger partial charge >= 0.3 is 12.0 Å². The summed E-state index contributed by atoms with van der Waals surface area (Å²) in [5.74, 6) is -1.54. The number of ether oxygens (including phenoxy) is 1. The zero-order chi connectivity index (χ0) is 15.0. The van der Waals surface area contributed by atoms with Crippen LogP contribution in [-0.2, 0) is 14.3 Å². The topological polar surface area (TPSA) is 108 Å². The average Bonchev–Trinajstić information content (AvgIpc) is 2.40. The predicted octanol–water partition coefficient (Wildman–Crippen LogP) is -0.602. The molecule has 1 rings (SSSR count). The quantitative estimate of drug-likeness (QED) is 0.542. The maximum Gasteiger partial charge on any atom is 0.318 e. The molecule has 1 saturated heterocycles. The number of hydrogen-bond acceptors (Lipinski definition) is 4. The molecule has 8 heteroatoms. The summed E-state index contributed by atoms with van der Waals surface area (Å²) in [5.41, 5.74) is 0. The lowest BCUT2D eigenvalue weighted by atomic mass is 10.1. The van der Waals surface area contributed by atoms with Gasteiger partial charge in [0.2, 0.25) is 5.91 Å². The smallest absolute Gasteiger partial charge is 0.318 e. The molecule has 0 aromatic carbocycles. The Kier molecular flexibility index (Phi) is 6.78. The van der Waals surface area contributed by atoms with Gasteiger partial charge in [0.1, 0.15) is 6.04 Å². The second kappa shape index (κ2) is 8.36. The van der Waals surface area contributed by atoms with Gasteiger partial charge in [-0.15, -0.1) is 0 Å². The normalized spacial score (nSPS) is 18.6. The minimum absolute atomic E-state index is 0.307. The first kappa shape index (κ1) is 16.2. The minimum Gasteiger partial charge on any atom is -0.481 e. The molecule has 1 aliphatic heterocycles. The van der Waals surface area contributed by atoms with E-state index in [1.807, 2.05) is 6.92 Å². The third kappa shape index (κ3) is 5.04. The van der Waals surface area contributed by atoms with Crippen LogP contribution in [0.5, 0.6) is 0 Å². The fourth-order valence-electron chi connectivity index (χ4n) is 1.94. The van der Waals surface area contributed by atoms with Gasteiger partial charge in [-0.3, -0.25) is 9.59 Å². The molecule has 0 saturated carbocycles. The number of amides is 3. The lowest BCUT2D eigenvalue weighted by Gasteiger charge is -2.34. The van der Waals surface area contributed by atoms with Crippen LogP contribution in [0.15, 0.2) is 0 Å². The molecular formula is C12H21N3O5. The minimum atomic E-state index is -1.11. The molecule has 0 aromatic heterocycles. The number of carbonyl (C=O) groups excluding carboxylic acids is 2. The van der Waals surface area contributed by atoms with Crippen molar-refractivity contribution in [3.63, 3.8) is 0 Å². The summed E-state index contributed by atoms with van der Waals surface area (Å²) in [7, 11) is 0. The first-order valence-corrected chi connectivity index (χ1v) is 6.68. The summed E-state index contributed by atoms with van der Waals surface area (Å²) >= 11 is 0. The monoisotopic (exact) mass is 287 g/mol. The zero-order valence-corrected chi connectivity index (χ0v) is 11.6. The molecular weight excluding hydrogens is 266 g/mol. The van der Waals surface area contributed by atoms with Crippen molar-refractivity contribution in [2.24, 2.45) is 0 Å². The van der Waals surface area contributed by atoms with Gasteiger partial charge in [-0.1, -0.05) is 0 Å². The van der Waals surface area contributed by atoms with Crippen LogP contribution < -0.4 is 10.6 Å². The van der Waals surface area contributed by atoms with E-state index in [1.54, 1.807) is 0 Å². The van der Waals surface area contributed by atoms with Crippen molar-refractivity contribution in [1.29, 1.82) is 0 Å². The van der Waals surface area contributed by atoms with Gasteiger partial charge in [-0.25, -0.2) is 4.79 Å². The molecule has 1 unspecified atom stereocenters. The first-order valence-electron chi connectivity index (χ1n) is 6.68. The summed E-state index contributed by atoms with van der Waals surface area (Å²) in [6.45, 7) is 4.14. The standard InChI is InChI=1S/C12H21N3O5/c1-2-20-7-3-4-14-12(19)15-6-5-13-11(18)9(15)8-10(16)17/h9H,2-8H2,1H3,(H,13,18)(H,14,19)(H,16,17). The fourth-order valence-corrected chi connectivity index (χ4v) is 1.94. The fraction of sp³-hybridized carbons (Fsp3) is 0.750. The van der Waals surface area contributed by atoms with Crippen LogP contribution in [0.3, 0.4) is 0 Å². The summed E-state index contributed by atoms with van der Waals surface area (Å²) in [5, 5.41) is 14.0. The van der Waals surface area contributed by atoms with E-state index >= 15 is 0 Å². The van der Waals surface area contributed by atoms with Gasteiger partial charge < -0.3 is 25.4 Å². The van der Waals surface area contributed by atoms with Crippen molar-refractivity contribution in [3.05, 3.63) is 0 Å². The molecule has 20 heavy (non-hydrogen) atoms. The Hall–Kier alpha value is -1.83. The number of piperazine rings is 1. The van der Waals surface area contributed by atoms with Crippen molar-refractivity contribution < 1.29 is 24.2 Å². The highest BCUT2D eigenvalue weighted by Crippen LogP contribution is 2.09. The Bertz CT molecular complexity index is 361. The van der Waals surface area contributed by atoms with E-state index in [0.29, 0.717) is 39.3 Å². The molecule has 0 radical (unpaired) electrons. The molecule has 0 bridgehead atoms. The van der Waals surface area contributed by atoms with Crippen LogP contribution in [0.2, 0.25) is 0 Å². The van der Waals surface area contributed by atoms with Gasteiger partial charge in [0.15, 0.2) is 0 Å². The van der Waals surface area contributed by atoms with Gasteiger partial charge in [-0.05, 0) is 13.3 Å². The zero-order valence-electron chi connectivity index (χ0n) is 11.6. The lowest BCUT2D eigenvalue weighted by Crippen LogP contribution is -2.60. The van der Waals surface area contributed by atoms with E-state index < -0.39 is 30.4 Å². The second-order valence-electron chi connectivity index (χ2n) is 4.38. The molecule has 8 nitrogen and oxygen atoms in total. The Morgan fingerprint density at radius 1 is 1.55 bits per heavy atom. The summed E-state index contributed by atoms with van der Waals surface area (Å²) in [6, 6.07) is -1.37.